The molecule has 0 unspecified atom stereocenters. The smallest absolute Gasteiger partial charge is 0.161 e. The van der Waals surface area contributed by atoms with Crippen LogP contribution in [0.3, 0.4) is 0 Å². The van der Waals surface area contributed by atoms with E-state index in [1.54, 1.807) is 14.2 Å². The van der Waals surface area contributed by atoms with Crippen LogP contribution in [0.2, 0.25) is 0 Å². The monoisotopic (exact) mass is 301 g/mol. The zero-order chi connectivity index (χ0) is 14.4. The van der Waals surface area contributed by atoms with Crippen molar-refractivity contribution < 1.29 is 9.47 Å². The molecule has 0 spiro atoms. The quantitative estimate of drug-likeness (QED) is 0.923. The van der Waals surface area contributed by atoms with Crippen molar-refractivity contribution in [2.24, 2.45) is 0 Å². The first-order valence-corrected chi connectivity index (χ1v) is 8.24. The molecule has 0 saturated heterocycles. The van der Waals surface area contributed by atoms with E-state index in [1.807, 2.05) is 11.3 Å². The van der Waals surface area contributed by atoms with Gasteiger partial charge in [-0.05, 0) is 53.1 Å². The first-order valence-electron chi connectivity index (χ1n) is 7.36. The van der Waals surface area contributed by atoms with Gasteiger partial charge < -0.3 is 14.8 Å². The Morgan fingerprint density at radius 1 is 1.14 bits per heavy atom. The highest BCUT2D eigenvalue weighted by Crippen LogP contribution is 2.45. The number of ether oxygens (including phenoxy) is 2. The van der Waals surface area contributed by atoms with Gasteiger partial charge in [-0.15, -0.1) is 11.3 Å². The van der Waals surface area contributed by atoms with Gasteiger partial charge in [-0.25, -0.2) is 0 Å². The maximum Gasteiger partial charge on any atom is 0.161 e. The summed E-state index contributed by atoms with van der Waals surface area (Å²) in [5, 5.41) is 5.92. The van der Waals surface area contributed by atoms with Gasteiger partial charge >= 0.3 is 0 Å². The highest BCUT2D eigenvalue weighted by molar-refractivity contribution is 7.10. The van der Waals surface area contributed by atoms with Gasteiger partial charge in [0.05, 0.1) is 14.2 Å². The van der Waals surface area contributed by atoms with Gasteiger partial charge in [-0.2, -0.15) is 0 Å². The van der Waals surface area contributed by atoms with Crippen LogP contribution in [0.4, 0.5) is 0 Å². The number of rotatable bonds is 2. The molecule has 0 fully saturated rings. The molecule has 0 saturated carbocycles. The standard InChI is InChI=1S/C17H19NO2S/c1-19-14-7-10-3-4-13-17(12(10)8-15(14)20-2)11-5-6-21-16(11)9-18-13/h5-8,13,17-18H,3-4,9H2,1-2H3/t13-,17-/m0/s1. The number of aryl methyl sites for hydroxylation is 1. The number of hydrogen-bond acceptors (Lipinski definition) is 4. The molecule has 1 aliphatic heterocycles. The highest BCUT2D eigenvalue weighted by atomic mass is 32.1. The largest absolute Gasteiger partial charge is 0.493 e. The summed E-state index contributed by atoms with van der Waals surface area (Å²) in [5.74, 6) is 2.12. The summed E-state index contributed by atoms with van der Waals surface area (Å²) in [6.45, 7) is 1.01. The van der Waals surface area contributed by atoms with Crippen LogP contribution >= 0.6 is 11.3 Å². The number of methoxy groups -OCH3 is 2. The second-order valence-corrected chi connectivity index (χ2v) is 6.71. The molecule has 4 rings (SSSR count). The molecular formula is C17H19NO2S. The number of thiophene rings is 1. The molecule has 2 atom stereocenters. The fraction of sp³-hybridized carbons (Fsp3) is 0.412. The van der Waals surface area contributed by atoms with Gasteiger partial charge in [0.15, 0.2) is 11.5 Å². The van der Waals surface area contributed by atoms with E-state index in [2.05, 4.69) is 28.9 Å². The van der Waals surface area contributed by atoms with Gasteiger partial charge in [-0.1, -0.05) is 0 Å². The Hall–Kier alpha value is -1.52. The summed E-state index contributed by atoms with van der Waals surface area (Å²) < 4.78 is 11.0. The molecule has 1 aromatic carbocycles. The van der Waals surface area contributed by atoms with E-state index < -0.39 is 0 Å². The third-order valence-electron chi connectivity index (χ3n) is 4.75. The summed E-state index contributed by atoms with van der Waals surface area (Å²) in [7, 11) is 3.41. The molecule has 2 aliphatic rings. The molecule has 0 radical (unpaired) electrons. The fourth-order valence-electron chi connectivity index (χ4n) is 3.74. The predicted octanol–water partition coefficient (Wildman–Crippen LogP) is 3.32. The van der Waals surface area contributed by atoms with E-state index in [9.17, 15) is 0 Å². The van der Waals surface area contributed by atoms with E-state index in [4.69, 9.17) is 9.47 Å². The number of fused-ring (bicyclic) bond motifs is 5. The summed E-state index contributed by atoms with van der Waals surface area (Å²) in [4.78, 5) is 1.47. The SMILES string of the molecule is COc1cc2c(cc1OC)[C@@H]1c3ccsc3CN[C@H]1CC2. The van der Waals surface area contributed by atoms with Crippen LogP contribution in [0.1, 0.15) is 33.9 Å². The zero-order valence-corrected chi connectivity index (χ0v) is 13.1. The van der Waals surface area contributed by atoms with Gasteiger partial charge in [-0.3, -0.25) is 0 Å². The molecule has 1 aromatic heterocycles. The Kier molecular flexibility index (Phi) is 3.16. The molecular weight excluding hydrogens is 282 g/mol. The zero-order valence-electron chi connectivity index (χ0n) is 12.3. The summed E-state index contributed by atoms with van der Waals surface area (Å²) in [5.41, 5.74) is 4.29. The van der Waals surface area contributed by atoms with E-state index in [-0.39, 0.29) is 0 Å². The Bertz CT molecular complexity index is 679. The first kappa shape index (κ1) is 13.2. The average molecular weight is 301 g/mol. The van der Waals surface area contributed by atoms with Crippen molar-refractivity contribution in [3.63, 3.8) is 0 Å². The Labute approximate surface area is 128 Å². The molecule has 110 valence electrons. The molecule has 2 heterocycles. The number of hydrogen-bond donors (Lipinski definition) is 1. The van der Waals surface area contributed by atoms with Crippen molar-refractivity contribution in [1.82, 2.24) is 5.32 Å². The van der Waals surface area contributed by atoms with Crippen molar-refractivity contribution in [2.45, 2.75) is 31.3 Å². The predicted molar refractivity (Wildman–Crippen MR) is 84.7 cm³/mol. The highest BCUT2D eigenvalue weighted by Gasteiger charge is 2.36. The second kappa shape index (κ2) is 5.04. The summed E-state index contributed by atoms with van der Waals surface area (Å²) in [6.07, 6.45) is 2.28. The Morgan fingerprint density at radius 3 is 2.76 bits per heavy atom. The minimum Gasteiger partial charge on any atom is -0.493 e. The van der Waals surface area contributed by atoms with Crippen LogP contribution in [0, 0.1) is 0 Å². The van der Waals surface area contributed by atoms with E-state index >= 15 is 0 Å². The molecule has 2 aromatic rings. The van der Waals surface area contributed by atoms with Crippen LogP contribution in [0.25, 0.3) is 0 Å². The molecule has 3 nitrogen and oxygen atoms in total. The number of benzene rings is 1. The molecule has 21 heavy (non-hydrogen) atoms. The lowest BCUT2D eigenvalue weighted by Gasteiger charge is -2.38. The lowest BCUT2D eigenvalue weighted by Crippen LogP contribution is -2.42. The van der Waals surface area contributed by atoms with E-state index in [0.717, 1.165) is 24.5 Å². The molecule has 1 aliphatic carbocycles. The van der Waals surface area contributed by atoms with Gasteiger partial charge in [0.1, 0.15) is 0 Å². The van der Waals surface area contributed by atoms with E-state index in [1.165, 1.54) is 28.0 Å². The molecule has 0 amide bonds. The van der Waals surface area contributed by atoms with Crippen LogP contribution in [-0.2, 0) is 13.0 Å². The third kappa shape index (κ3) is 1.97. The minimum atomic E-state index is 0.448. The average Bonchev–Trinajstić information content (AvgIpc) is 3.01. The Morgan fingerprint density at radius 2 is 1.95 bits per heavy atom. The third-order valence-corrected chi connectivity index (χ3v) is 5.68. The number of nitrogens with one attached hydrogen (secondary N) is 1. The second-order valence-electron chi connectivity index (χ2n) is 5.71. The van der Waals surface area contributed by atoms with Crippen LogP contribution in [0.15, 0.2) is 23.6 Å². The maximum absolute atomic E-state index is 5.51. The van der Waals surface area contributed by atoms with Crippen molar-refractivity contribution in [1.29, 1.82) is 0 Å². The molecule has 0 bridgehead atoms. The lowest BCUT2D eigenvalue weighted by atomic mass is 9.74. The van der Waals surface area contributed by atoms with Gasteiger partial charge in [0.2, 0.25) is 0 Å². The van der Waals surface area contributed by atoms with Gasteiger partial charge in [0, 0.05) is 23.4 Å². The van der Waals surface area contributed by atoms with Crippen LogP contribution in [0.5, 0.6) is 11.5 Å². The summed E-state index contributed by atoms with van der Waals surface area (Å²) >= 11 is 1.85. The molecule has 4 heteroatoms. The fourth-order valence-corrected chi connectivity index (χ4v) is 4.61. The first-order chi connectivity index (χ1) is 10.3. The lowest BCUT2D eigenvalue weighted by molar-refractivity contribution is 0.349. The van der Waals surface area contributed by atoms with Crippen LogP contribution < -0.4 is 14.8 Å². The van der Waals surface area contributed by atoms with Crippen molar-refractivity contribution in [3.05, 3.63) is 45.1 Å². The maximum atomic E-state index is 5.51. The normalized spacial score (nSPS) is 23.0. The minimum absolute atomic E-state index is 0.448. The van der Waals surface area contributed by atoms with Crippen LogP contribution in [-0.4, -0.2) is 20.3 Å². The summed E-state index contributed by atoms with van der Waals surface area (Å²) in [6, 6.07) is 7.17. The van der Waals surface area contributed by atoms with E-state index in [0.29, 0.717) is 12.0 Å². The topological polar surface area (TPSA) is 30.5 Å². The molecule has 1 N–H and O–H groups in total. The van der Waals surface area contributed by atoms with Crippen molar-refractivity contribution >= 4 is 11.3 Å². The van der Waals surface area contributed by atoms with Gasteiger partial charge in [0.25, 0.3) is 0 Å². The van der Waals surface area contributed by atoms with Crippen molar-refractivity contribution in [2.75, 3.05) is 14.2 Å². The Balaban J connectivity index is 1.88. The van der Waals surface area contributed by atoms with Crippen molar-refractivity contribution in [3.8, 4) is 11.5 Å².